The monoisotopic (exact) mass is 228 g/mol. The number of halogens is 1. The number of hydrogen-bond acceptors (Lipinski definition) is 3. The van der Waals surface area contributed by atoms with Gasteiger partial charge in [0, 0.05) is 17.5 Å². The molecule has 2 aromatic rings. The molecular formula is C12H5ClN2O. The summed E-state index contributed by atoms with van der Waals surface area (Å²) < 4.78 is 0. The highest BCUT2D eigenvalue weighted by molar-refractivity contribution is 6.35. The van der Waals surface area contributed by atoms with Gasteiger partial charge in [0.25, 0.3) is 0 Å². The molecule has 76 valence electrons. The standard InChI is InChI=1S/C12H5ClN2O/c13-10-7-8(3-1-5-14)12(16)11-9(10)4-2-6-15-11/h2,4,6-7,16H. The molecule has 0 saturated carbocycles. The van der Waals surface area contributed by atoms with Gasteiger partial charge in [-0.1, -0.05) is 11.6 Å². The van der Waals surface area contributed by atoms with Crippen molar-refractivity contribution in [2.24, 2.45) is 0 Å². The molecule has 0 aliphatic carbocycles. The minimum Gasteiger partial charge on any atom is -0.504 e. The normalized spacial score (nSPS) is 9.25. The van der Waals surface area contributed by atoms with Crippen LogP contribution in [0.3, 0.4) is 0 Å². The SMILES string of the molecule is N#CC#Cc1cc(Cl)c2cccnc2c1O. The summed E-state index contributed by atoms with van der Waals surface area (Å²) in [6, 6.07) is 6.68. The highest BCUT2D eigenvalue weighted by atomic mass is 35.5. The highest BCUT2D eigenvalue weighted by Gasteiger charge is 2.09. The number of phenolic OH excluding ortho intramolecular Hbond substituents is 1. The van der Waals surface area contributed by atoms with E-state index in [4.69, 9.17) is 16.9 Å². The number of nitriles is 1. The minimum absolute atomic E-state index is 0.0530. The van der Waals surface area contributed by atoms with Crippen molar-refractivity contribution in [1.29, 1.82) is 5.26 Å². The van der Waals surface area contributed by atoms with Crippen molar-refractivity contribution >= 4 is 22.5 Å². The van der Waals surface area contributed by atoms with Gasteiger partial charge in [-0.15, -0.1) is 0 Å². The number of fused-ring (bicyclic) bond motifs is 1. The molecule has 0 radical (unpaired) electrons. The minimum atomic E-state index is -0.0530. The first-order valence-corrected chi connectivity index (χ1v) is 4.78. The third kappa shape index (κ3) is 1.65. The highest BCUT2D eigenvalue weighted by Crippen LogP contribution is 2.32. The molecule has 0 aliphatic rings. The molecule has 0 saturated heterocycles. The number of phenols is 1. The van der Waals surface area contributed by atoms with Gasteiger partial charge in [0.2, 0.25) is 0 Å². The van der Waals surface area contributed by atoms with Crippen molar-refractivity contribution in [3.63, 3.8) is 0 Å². The van der Waals surface area contributed by atoms with Gasteiger partial charge in [-0.25, -0.2) is 0 Å². The van der Waals surface area contributed by atoms with Gasteiger partial charge in [0.05, 0.1) is 10.6 Å². The lowest BCUT2D eigenvalue weighted by molar-refractivity contribution is 0.479. The summed E-state index contributed by atoms with van der Waals surface area (Å²) in [6.07, 6.45) is 1.56. The summed E-state index contributed by atoms with van der Waals surface area (Å²) in [4.78, 5) is 4.03. The predicted molar refractivity (Wildman–Crippen MR) is 60.9 cm³/mol. The summed E-state index contributed by atoms with van der Waals surface area (Å²) in [5.41, 5.74) is 0.690. The Morgan fingerprint density at radius 2 is 2.25 bits per heavy atom. The first-order chi connectivity index (χ1) is 7.74. The molecule has 0 amide bonds. The summed E-state index contributed by atoms with van der Waals surface area (Å²) in [5, 5.41) is 19.3. The van der Waals surface area contributed by atoms with Crippen LogP contribution in [-0.4, -0.2) is 10.1 Å². The summed E-state index contributed by atoms with van der Waals surface area (Å²) in [5.74, 6) is 4.66. The van der Waals surface area contributed by atoms with Gasteiger partial charge < -0.3 is 5.11 Å². The van der Waals surface area contributed by atoms with E-state index in [-0.39, 0.29) is 5.75 Å². The van der Waals surface area contributed by atoms with E-state index in [0.29, 0.717) is 21.5 Å². The molecule has 1 aromatic carbocycles. The Labute approximate surface area is 96.9 Å². The largest absolute Gasteiger partial charge is 0.504 e. The van der Waals surface area contributed by atoms with Gasteiger partial charge >= 0.3 is 0 Å². The molecule has 16 heavy (non-hydrogen) atoms. The zero-order chi connectivity index (χ0) is 11.5. The Bertz CT molecular complexity index is 662. The maximum absolute atomic E-state index is 9.87. The first-order valence-electron chi connectivity index (χ1n) is 4.40. The lowest BCUT2D eigenvalue weighted by Crippen LogP contribution is -1.84. The fraction of sp³-hybridized carbons (Fsp3) is 0. The lowest BCUT2D eigenvalue weighted by atomic mass is 10.1. The molecule has 2 rings (SSSR count). The van der Waals surface area contributed by atoms with Gasteiger partial charge in [-0.2, -0.15) is 5.26 Å². The number of aromatic nitrogens is 1. The van der Waals surface area contributed by atoms with E-state index >= 15 is 0 Å². The van der Waals surface area contributed by atoms with Crippen LogP contribution in [0.4, 0.5) is 0 Å². The topological polar surface area (TPSA) is 56.9 Å². The third-order valence-corrected chi connectivity index (χ3v) is 2.38. The average Bonchev–Trinajstić information content (AvgIpc) is 2.32. The molecule has 0 spiro atoms. The van der Waals surface area contributed by atoms with Crippen molar-refractivity contribution in [1.82, 2.24) is 4.98 Å². The van der Waals surface area contributed by atoms with E-state index in [1.54, 1.807) is 24.4 Å². The molecule has 3 nitrogen and oxygen atoms in total. The van der Waals surface area contributed by atoms with Crippen LogP contribution in [0.2, 0.25) is 5.02 Å². The number of benzene rings is 1. The van der Waals surface area contributed by atoms with Gasteiger partial charge in [0.15, 0.2) is 11.8 Å². The molecule has 4 heteroatoms. The van der Waals surface area contributed by atoms with E-state index in [9.17, 15) is 5.11 Å². The molecule has 1 N–H and O–H groups in total. The predicted octanol–water partition coefficient (Wildman–Crippen LogP) is 2.47. The van der Waals surface area contributed by atoms with Gasteiger partial charge in [-0.3, -0.25) is 4.98 Å². The second-order valence-electron chi connectivity index (χ2n) is 3.02. The Kier molecular flexibility index (Phi) is 2.64. The Morgan fingerprint density at radius 1 is 1.44 bits per heavy atom. The fourth-order valence-electron chi connectivity index (χ4n) is 1.38. The lowest BCUT2D eigenvalue weighted by Gasteiger charge is -2.04. The number of nitrogens with zero attached hydrogens (tertiary/aromatic N) is 2. The van der Waals surface area contributed by atoms with Crippen molar-refractivity contribution in [2.45, 2.75) is 0 Å². The van der Waals surface area contributed by atoms with Crippen molar-refractivity contribution in [3.05, 3.63) is 35.0 Å². The number of rotatable bonds is 0. The summed E-state index contributed by atoms with van der Waals surface area (Å²) in [6.45, 7) is 0. The van der Waals surface area contributed by atoms with Crippen LogP contribution in [0.25, 0.3) is 10.9 Å². The van der Waals surface area contributed by atoms with Crippen LogP contribution in [-0.2, 0) is 0 Å². The summed E-state index contributed by atoms with van der Waals surface area (Å²) >= 11 is 6.01. The number of hydrogen-bond donors (Lipinski definition) is 1. The van der Waals surface area contributed by atoms with Crippen molar-refractivity contribution < 1.29 is 5.11 Å². The Morgan fingerprint density at radius 3 is 3.00 bits per heavy atom. The van der Waals surface area contributed by atoms with Crippen LogP contribution >= 0.6 is 11.6 Å². The molecule has 0 aliphatic heterocycles. The van der Waals surface area contributed by atoms with E-state index < -0.39 is 0 Å². The first kappa shape index (κ1) is 10.3. The van der Waals surface area contributed by atoms with Crippen LogP contribution in [0, 0.1) is 23.2 Å². The van der Waals surface area contributed by atoms with Crippen LogP contribution in [0.1, 0.15) is 5.56 Å². The smallest absolute Gasteiger partial charge is 0.157 e. The molecule has 0 atom stereocenters. The number of aromatic hydroxyl groups is 1. The Balaban J connectivity index is 2.81. The molecular weight excluding hydrogens is 224 g/mol. The number of pyridine rings is 1. The second kappa shape index (κ2) is 4.10. The van der Waals surface area contributed by atoms with Crippen LogP contribution < -0.4 is 0 Å². The van der Waals surface area contributed by atoms with Crippen molar-refractivity contribution in [3.8, 4) is 23.7 Å². The third-order valence-electron chi connectivity index (χ3n) is 2.07. The average molecular weight is 229 g/mol. The maximum Gasteiger partial charge on any atom is 0.157 e. The maximum atomic E-state index is 9.87. The van der Waals surface area contributed by atoms with E-state index in [1.807, 2.05) is 0 Å². The zero-order valence-corrected chi connectivity index (χ0v) is 8.78. The van der Waals surface area contributed by atoms with Crippen LogP contribution in [0.5, 0.6) is 5.75 Å². The Hall–Kier alpha value is -2.23. The molecule has 0 fully saturated rings. The quantitative estimate of drug-likeness (QED) is 0.705. The fourth-order valence-corrected chi connectivity index (χ4v) is 1.64. The van der Waals surface area contributed by atoms with Gasteiger partial charge in [-0.05, 0) is 24.1 Å². The zero-order valence-electron chi connectivity index (χ0n) is 8.03. The van der Waals surface area contributed by atoms with Crippen LogP contribution in [0.15, 0.2) is 24.4 Å². The van der Waals surface area contributed by atoms with E-state index in [1.165, 1.54) is 6.07 Å². The molecule has 0 bridgehead atoms. The van der Waals surface area contributed by atoms with E-state index in [2.05, 4.69) is 16.8 Å². The summed E-state index contributed by atoms with van der Waals surface area (Å²) in [7, 11) is 0. The molecule has 0 unspecified atom stereocenters. The molecule has 1 aromatic heterocycles. The van der Waals surface area contributed by atoms with Crippen molar-refractivity contribution in [2.75, 3.05) is 0 Å². The molecule has 1 heterocycles. The van der Waals surface area contributed by atoms with Gasteiger partial charge in [0.1, 0.15) is 5.52 Å². The second-order valence-corrected chi connectivity index (χ2v) is 3.42. The van der Waals surface area contributed by atoms with E-state index in [0.717, 1.165) is 0 Å².